The standard InChI is InChI=1S/C28H33F6N5O3S/c1-26(2,3)42-25(41)39-15-18(13-22(39)24(40)38-10-11-43-16-38)36-6-8-37(9-7-36)21-14-23(28(32,33)34)35-20-5-4-17(12-19(20)21)27(29,30)31/h4-5,12,14,18,22H,6-11,13,15-16H2,1-3H3/t18-,22-/m0/s1. The van der Waals surface area contributed by atoms with E-state index in [-0.39, 0.29) is 48.2 Å². The molecule has 0 bridgehead atoms. The molecule has 8 nitrogen and oxygen atoms in total. The van der Waals surface area contributed by atoms with Crippen LogP contribution < -0.4 is 4.90 Å². The second-order valence-electron chi connectivity index (χ2n) is 12.0. The van der Waals surface area contributed by atoms with E-state index in [1.54, 1.807) is 42.3 Å². The monoisotopic (exact) mass is 633 g/mol. The molecular formula is C28H33F6N5O3S. The molecule has 0 aliphatic carbocycles. The first-order chi connectivity index (χ1) is 20.0. The van der Waals surface area contributed by atoms with Crippen LogP contribution >= 0.6 is 11.8 Å². The summed E-state index contributed by atoms with van der Waals surface area (Å²) < 4.78 is 87.0. The molecule has 3 fully saturated rings. The predicted molar refractivity (Wildman–Crippen MR) is 150 cm³/mol. The van der Waals surface area contributed by atoms with Crippen LogP contribution in [0.3, 0.4) is 0 Å². The minimum atomic E-state index is -4.78. The second-order valence-corrected chi connectivity index (χ2v) is 13.0. The highest BCUT2D eigenvalue weighted by molar-refractivity contribution is 7.99. The highest BCUT2D eigenvalue weighted by Gasteiger charge is 2.46. The number of piperazine rings is 1. The summed E-state index contributed by atoms with van der Waals surface area (Å²) in [5.74, 6) is 1.23. The Balaban J connectivity index is 1.36. The summed E-state index contributed by atoms with van der Waals surface area (Å²) >= 11 is 1.64. The number of hydrogen-bond acceptors (Lipinski definition) is 7. The quantitative estimate of drug-likeness (QED) is 0.425. The fourth-order valence-corrected chi connectivity index (χ4v) is 6.71. The van der Waals surface area contributed by atoms with Crippen molar-refractivity contribution in [3.63, 3.8) is 0 Å². The van der Waals surface area contributed by atoms with Crippen molar-refractivity contribution in [2.75, 3.05) is 55.8 Å². The van der Waals surface area contributed by atoms with E-state index in [1.165, 1.54) is 4.90 Å². The van der Waals surface area contributed by atoms with Crippen molar-refractivity contribution < 1.29 is 40.7 Å². The Morgan fingerprint density at radius 1 is 0.953 bits per heavy atom. The van der Waals surface area contributed by atoms with Crippen molar-refractivity contribution in [1.29, 1.82) is 0 Å². The molecule has 3 aliphatic rings. The molecule has 0 N–H and O–H groups in total. The third-order valence-electron chi connectivity index (χ3n) is 7.83. The lowest BCUT2D eigenvalue weighted by molar-refractivity contribution is -0.141. The summed E-state index contributed by atoms with van der Waals surface area (Å²) in [7, 11) is 0. The lowest BCUT2D eigenvalue weighted by Gasteiger charge is -2.39. The number of ether oxygens (including phenoxy) is 1. The van der Waals surface area contributed by atoms with Gasteiger partial charge in [-0.2, -0.15) is 26.3 Å². The Morgan fingerprint density at radius 2 is 1.65 bits per heavy atom. The summed E-state index contributed by atoms with van der Waals surface area (Å²) in [6.45, 7) is 7.30. The number of likely N-dealkylation sites (tertiary alicyclic amines) is 1. The van der Waals surface area contributed by atoms with Crippen LogP contribution in [0.4, 0.5) is 36.8 Å². The molecule has 3 aliphatic heterocycles. The smallest absolute Gasteiger partial charge is 0.433 e. The zero-order valence-corrected chi connectivity index (χ0v) is 24.8. The molecule has 1 aromatic carbocycles. The van der Waals surface area contributed by atoms with E-state index < -0.39 is 41.3 Å². The Hall–Kier alpha value is -2.94. The average Bonchev–Trinajstić information content (AvgIpc) is 3.61. The molecule has 0 spiro atoms. The number of benzene rings is 1. The van der Waals surface area contributed by atoms with Gasteiger partial charge >= 0.3 is 18.4 Å². The number of anilines is 1. The maximum absolute atomic E-state index is 13.7. The van der Waals surface area contributed by atoms with E-state index in [9.17, 15) is 35.9 Å². The van der Waals surface area contributed by atoms with Crippen molar-refractivity contribution in [2.45, 2.75) is 57.2 Å². The first kappa shape index (κ1) is 31.5. The number of amides is 2. The van der Waals surface area contributed by atoms with Gasteiger partial charge in [0.15, 0.2) is 0 Å². The number of thioether (sulfide) groups is 1. The Bertz CT molecular complexity index is 1370. The fraction of sp³-hybridized carbons (Fsp3) is 0.607. The van der Waals surface area contributed by atoms with Gasteiger partial charge in [0.25, 0.3) is 0 Å². The summed E-state index contributed by atoms with van der Waals surface area (Å²) in [5.41, 5.74) is -3.05. The van der Waals surface area contributed by atoms with Crippen LogP contribution in [0.15, 0.2) is 24.3 Å². The fourth-order valence-electron chi connectivity index (χ4n) is 5.75. The number of aromatic nitrogens is 1. The number of halogens is 6. The third kappa shape index (κ3) is 6.92. The van der Waals surface area contributed by atoms with Crippen LogP contribution in [0.5, 0.6) is 0 Å². The lowest BCUT2D eigenvalue weighted by Crippen LogP contribution is -2.51. The molecule has 4 heterocycles. The number of carbonyl (C=O) groups excluding carboxylic acids is 2. The Labute approximate surface area is 249 Å². The van der Waals surface area contributed by atoms with Crippen LogP contribution in [0.2, 0.25) is 0 Å². The average molecular weight is 634 g/mol. The SMILES string of the molecule is CC(C)(C)OC(=O)N1C[C@@H](N2CCN(c3cc(C(F)(F)F)nc4ccc(C(F)(F)F)cc34)CC2)C[C@H]1C(=O)N1CCSC1. The van der Waals surface area contributed by atoms with E-state index in [1.807, 2.05) is 0 Å². The highest BCUT2D eigenvalue weighted by Crippen LogP contribution is 2.38. The van der Waals surface area contributed by atoms with E-state index in [2.05, 4.69) is 9.88 Å². The maximum Gasteiger partial charge on any atom is 0.433 e. The molecule has 236 valence electrons. The minimum Gasteiger partial charge on any atom is -0.444 e. The molecule has 5 rings (SSSR count). The number of rotatable bonds is 3. The van der Waals surface area contributed by atoms with Gasteiger partial charge in [0, 0.05) is 62.1 Å². The zero-order valence-electron chi connectivity index (χ0n) is 24.0. The molecule has 2 aromatic rings. The molecule has 0 unspecified atom stereocenters. The van der Waals surface area contributed by atoms with Crippen molar-refractivity contribution >= 4 is 40.4 Å². The van der Waals surface area contributed by atoms with Gasteiger partial charge in [0.1, 0.15) is 17.3 Å². The van der Waals surface area contributed by atoms with Gasteiger partial charge in [-0.15, -0.1) is 11.8 Å². The molecule has 2 atom stereocenters. The van der Waals surface area contributed by atoms with Gasteiger partial charge < -0.3 is 14.5 Å². The first-order valence-electron chi connectivity index (χ1n) is 14.0. The van der Waals surface area contributed by atoms with Gasteiger partial charge in [0.2, 0.25) is 5.91 Å². The van der Waals surface area contributed by atoms with Crippen molar-refractivity contribution in [1.82, 2.24) is 19.7 Å². The molecule has 0 saturated carbocycles. The maximum atomic E-state index is 13.7. The highest BCUT2D eigenvalue weighted by atomic mass is 32.2. The van der Waals surface area contributed by atoms with E-state index >= 15 is 0 Å². The topological polar surface area (TPSA) is 69.2 Å². The molecule has 2 amide bonds. The Kier molecular flexibility index (Phi) is 8.44. The van der Waals surface area contributed by atoms with E-state index in [0.717, 1.165) is 30.0 Å². The first-order valence-corrected chi connectivity index (χ1v) is 15.1. The molecule has 3 saturated heterocycles. The van der Waals surface area contributed by atoms with Crippen LogP contribution in [0.25, 0.3) is 10.9 Å². The largest absolute Gasteiger partial charge is 0.444 e. The van der Waals surface area contributed by atoms with Gasteiger partial charge in [-0.3, -0.25) is 14.6 Å². The molecule has 43 heavy (non-hydrogen) atoms. The van der Waals surface area contributed by atoms with Crippen molar-refractivity contribution in [3.05, 3.63) is 35.5 Å². The Morgan fingerprint density at radius 3 is 2.23 bits per heavy atom. The zero-order chi connectivity index (χ0) is 31.3. The molecular weight excluding hydrogens is 600 g/mol. The lowest BCUT2D eigenvalue weighted by atomic mass is 10.1. The number of nitrogens with zero attached hydrogens (tertiary/aromatic N) is 5. The van der Waals surface area contributed by atoms with Crippen LogP contribution in [-0.4, -0.2) is 100 Å². The number of alkyl halides is 6. The summed E-state index contributed by atoms with van der Waals surface area (Å²) in [6.07, 6.45) is -9.65. The molecule has 15 heteroatoms. The number of fused-ring (bicyclic) bond motifs is 1. The summed E-state index contributed by atoms with van der Waals surface area (Å²) in [5, 5.41) is -0.0117. The van der Waals surface area contributed by atoms with Gasteiger partial charge in [-0.1, -0.05) is 0 Å². The molecule has 0 radical (unpaired) electrons. The van der Waals surface area contributed by atoms with Crippen LogP contribution in [0, 0.1) is 0 Å². The number of carbonyl (C=O) groups is 2. The minimum absolute atomic E-state index is 0.0117. The number of pyridine rings is 1. The normalized spacial score (nSPS) is 22.5. The summed E-state index contributed by atoms with van der Waals surface area (Å²) in [6, 6.07) is 2.44. The summed E-state index contributed by atoms with van der Waals surface area (Å²) in [4.78, 5) is 37.0. The van der Waals surface area contributed by atoms with Crippen LogP contribution in [-0.2, 0) is 21.9 Å². The van der Waals surface area contributed by atoms with Crippen LogP contribution in [0.1, 0.15) is 38.4 Å². The van der Waals surface area contributed by atoms with Gasteiger partial charge in [-0.05, 0) is 51.5 Å². The predicted octanol–water partition coefficient (Wildman–Crippen LogP) is 5.31. The van der Waals surface area contributed by atoms with Gasteiger partial charge in [-0.25, -0.2) is 9.78 Å². The molecule has 1 aromatic heterocycles. The van der Waals surface area contributed by atoms with E-state index in [0.29, 0.717) is 31.9 Å². The number of hydrogen-bond donors (Lipinski definition) is 0. The van der Waals surface area contributed by atoms with Gasteiger partial charge in [0.05, 0.1) is 17.0 Å². The van der Waals surface area contributed by atoms with Crippen molar-refractivity contribution in [2.24, 2.45) is 0 Å². The third-order valence-corrected chi connectivity index (χ3v) is 8.80. The van der Waals surface area contributed by atoms with E-state index in [4.69, 9.17) is 4.74 Å². The second kappa shape index (κ2) is 11.5. The van der Waals surface area contributed by atoms with Crippen molar-refractivity contribution in [3.8, 4) is 0 Å².